The van der Waals surface area contributed by atoms with Crippen molar-refractivity contribution in [3.63, 3.8) is 0 Å². The largest absolute Gasteiger partial charge is 0.357 e. The summed E-state index contributed by atoms with van der Waals surface area (Å²) in [5.41, 5.74) is 2.38. The molecule has 0 saturated heterocycles. The van der Waals surface area contributed by atoms with Crippen LogP contribution in [-0.2, 0) is 13.0 Å². The fourth-order valence-corrected chi connectivity index (χ4v) is 2.96. The lowest BCUT2D eigenvalue weighted by atomic mass is 10.2. The van der Waals surface area contributed by atoms with Crippen LogP contribution in [0.1, 0.15) is 19.0 Å². The predicted molar refractivity (Wildman–Crippen MR) is 108 cm³/mol. The molecule has 0 aliphatic heterocycles. The molecule has 2 heterocycles. The summed E-state index contributed by atoms with van der Waals surface area (Å²) >= 11 is 0. The molecule has 2 N–H and O–H groups in total. The molecule has 3 rings (SSSR count). The van der Waals surface area contributed by atoms with Gasteiger partial charge in [-0.25, -0.2) is 0 Å². The van der Waals surface area contributed by atoms with Gasteiger partial charge in [0.1, 0.15) is 0 Å². The summed E-state index contributed by atoms with van der Waals surface area (Å²) in [5, 5.41) is 7.98. The number of nitrogens with zero attached hydrogens (tertiary/aromatic N) is 3. The number of aromatic nitrogens is 2. The average Bonchev–Trinajstić information content (AvgIpc) is 3.09. The van der Waals surface area contributed by atoms with E-state index in [4.69, 9.17) is 0 Å². The lowest BCUT2D eigenvalue weighted by Crippen LogP contribution is -2.38. The number of aliphatic imine (C=N–C) groups is 1. The first kappa shape index (κ1) is 18.0. The second kappa shape index (κ2) is 9.61. The molecular weight excluding hydrogens is 322 g/mol. The number of rotatable bonds is 8. The first-order valence-electron chi connectivity index (χ1n) is 9.33. The van der Waals surface area contributed by atoms with E-state index in [0.29, 0.717) is 0 Å². The molecule has 136 valence electrons. The molecule has 3 aromatic rings. The van der Waals surface area contributed by atoms with Gasteiger partial charge in [-0.3, -0.25) is 9.98 Å². The maximum Gasteiger partial charge on any atom is 0.191 e. The van der Waals surface area contributed by atoms with Crippen molar-refractivity contribution in [2.75, 3.05) is 19.6 Å². The number of guanidine groups is 1. The van der Waals surface area contributed by atoms with Crippen molar-refractivity contribution >= 4 is 16.9 Å². The van der Waals surface area contributed by atoms with Gasteiger partial charge in [0.25, 0.3) is 0 Å². The monoisotopic (exact) mass is 349 g/mol. The van der Waals surface area contributed by atoms with Crippen LogP contribution >= 0.6 is 0 Å². The van der Waals surface area contributed by atoms with Crippen molar-refractivity contribution in [3.05, 3.63) is 66.6 Å². The van der Waals surface area contributed by atoms with Crippen LogP contribution in [0.15, 0.2) is 65.9 Å². The minimum Gasteiger partial charge on any atom is -0.357 e. The topological polar surface area (TPSA) is 54.2 Å². The lowest BCUT2D eigenvalue weighted by molar-refractivity contribution is 0.666. The molecule has 0 radical (unpaired) electrons. The highest BCUT2D eigenvalue weighted by Crippen LogP contribution is 2.15. The Labute approximate surface area is 155 Å². The fourth-order valence-electron chi connectivity index (χ4n) is 2.96. The third kappa shape index (κ3) is 5.09. The van der Waals surface area contributed by atoms with Crippen molar-refractivity contribution < 1.29 is 0 Å². The number of aryl methyl sites for hydroxylation is 1. The Balaban J connectivity index is 1.46. The zero-order valence-electron chi connectivity index (χ0n) is 15.4. The molecule has 5 heteroatoms. The van der Waals surface area contributed by atoms with Gasteiger partial charge in [-0.2, -0.15) is 0 Å². The van der Waals surface area contributed by atoms with E-state index < -0.39 is 0 Å². The van der Waals surface area contributed by atoms with Gasteiger partial charge >= 0.3 is 0 Å². The zero-order chi connectivity index (χ0) is 18.0. The van der Waals surface area contributed by atoms with E-state index in [0.717, 1.165) is 50.7 Å². The minimum absolute atomic E-state index is 0.797. The number of hydrogen-bond donors (Lipinski definition) is 2. The Hall–Kier alpha value is -2.82. The van der Waals surface area contributed by atoms with Gasteiger partial charge in [-0.15, -0.1) is 0 Å². The van der Waals surface area contributed by atoms with Crippen LogP contribution < -0.4 is 10.6 Å². The van der Waals surface area contributed by atoms with E-state index in [1.807, 2.05) is 24.4 Å². The van der Waals surface area contributed by atoms with Crippen molar-refractivity contribution in [2.24, 2.45) is 4.99 Å². The molecule has 0 amide bonds. The van der Waals surface area contributed by atoms with E-state index >= 15 is 0 Å². The first-order valence-corrected chi connectivity index (χ1v) is 9.33. The molecule has 0 bridgehead atoms. The highest BCUT2D eigenvalue weighted by molar-refractivity contribution is 5.80. The number of hydrogen-bond acceptors (Lipinski definition) is 2. The molecule has 5 nitrogen and oxygen atoms in total. The number of nitrogens with one attached hydrogen (secondary N) is 2. The Bertz CT molecular complexity index is 823. The van der Waals surface area contributed by atoms with Crippen molar-refractivity contribution in [1.29, 1.82) is 0 Å². The SMILES string of the molecule is CCNC(=NCCCn1ccc2ccccc21)NCCc1ccccn1. The number of pyridine rings is 1. The van der Waals surface area contributed by atoms with Gasteiger partial charge in [0, 0.05) is 56.2 Å². The molecule has 1 aromatic carbocycles. The van der Waals surface area contributed by atoms with Crippen LogP contribution in [0.4, 0.5) is 0 Å². The summed E-state index contributed by atoms with van der Waals surface area (Å²) < 4.78 is 2.30. The van der Waals surface area contributed by atoms with Crippen LogP contribution in [0.25, 0.3) is 10.9 Å². The minimum atomic E-state index is 0.797. The summed E-state index contributed by atoms with van der Waals surface area (Å²) in [6, 6.07) is 16.7. The van der Waals surface area contributed by atoms with Gasteiger partial charge in [0.05, 0.1) is 0 Å². The van der Waals surface area contributed by atoms with Crippen LogP contribution in [0.3, 0.4) is 0 Å². The van der Waals surface area contributed by atoms with E-state index in [-0.39, 0.29) is 0 Å². The lowest BCUT2D eigenvalue weighted by Gasteiger charge is -2.11. The Kier molecular flexibility index (Phi) is 6.65. The van der Waals surface area contributed by atoms with Gasteiger partial charge in [-0.05, 0) is 43.0 Å². The summed E-state index contributed by atoms with van der Waals surface area (Å²) in [6.45, 7) is 5.54. The molecule has 0 spiro atoms. The van der Waals surface area contributed by atoms with Crippen molar-refractivity contribution in [1.82, 2.24) is 20.2 Å². The summed E-state index contributed by atoms with van der Waals surface area (Å²) in [7, 11) is 0. The second-order valence-corrected chi connectivity index (χ2v) is 6.18. The molecule has 0 atom stereocenters. The van der Waals surface area contributed by atoms with Crippen molar-refractivity contribution in [2.45, 2.75) is 26.3 Å². The van der Waals surface area contributed by atoms with Gasteiger partial charge in [-0.1, -0.05) is 24.3 Å². The van der Waals surface area contributed by atoms with Crippen LogP contribution in [0, 0.1) is 0 Å². The molecule has 0 fully saturated rings. The smallest absolute Gasteiger partial charge is 0.191 e. The van der Waals surface area contributed by atoms with E-state index in [1.165, 1.54) is 10.9 Å². The normalized spacial score (nSPS) is 11.7. The second-order valence-electron chi connectivity index (χ2n) is 6.18. The highest BCUT2D eigenvalue weighted by Gasteiger charge is 2.01. The highest BCUT2D eigenvalue weighted by atomic mass is 15.2. The maximum atomic E-state index is 4.68. The molecule has 2 aromatic heterocycles. The summed E-state index contributed by atoms with van der Waals surface area (Å²) in [4.78, 5) is 9.03. The van der Waals surface area contributed by atoms with Gasteiger partial charge < -0.3 is 15.2 Å². The number of benzene rings is 1. The molecular formula is C21H27N5. The molecule has 0 unspecified atom stereocenters. The first-order chi connectivity index (χ1) is 12.9. The Morgan fingerprint density at radius 1 is 1.08 bits per heavy atom. The maximum absolute atomic E-state index is 4.68. The summed E-state index contributed by atoms with van der Waals surface area (Å²) in [6.07, 6.45) is 5.89. The molecule has 26 heavy (non-hydrogen) atoms. The standard InChI is InChI=1S/C21H27N5/c1-2-22-21(25-15-11-19-9-5-6-13-23-19)24-14-7-16-26-17-12-18-8-3-4-10-20(18)26/h3-6,8-10,12-13,17H,2,7,11,14-16H2,1H3,(H2,22,24,25). The van der Waals surface area contributed by atoms with E-state index in [1.54, 1.807) is 0 Å². The Morgan fingerprint density at radius 2 is 1.96 bits per heavy atom. The predicted octanol–water partition coefficient (Wildman–Crippen LogP) is 3.22. The van der Waals surface area contributed by atoms with Crippen LogP contribution in [-0.4, -0.2) is 35.1 Å². The fraction of sp³-hybridized carbons (Fsp3) is 0.333. The van der Waals surface area contributed by atoms with E-state index in [9.17, 15) is 0 Å². The quantitative estimate of drug-likeness (QED) is 0.373. The average molecular weight is 349 g/mol. The van der Waals surface area contributed by atoms with Gasteiger partial charge in [0.15, 0.2) is 5.96 Å². The summed E-state index contributed by atoms with van der Waals surface area (Å²) in [5.74, 6) is 0.876. The Morgan fingerprint density at radius 3 is 2.81 bits per heavy atom. The van der Waals surface area contributed by atoms with Crippen LogP contribution in [0.5, 0.6) is 0 Å². The van der Waals surface area contributed by atoms with Gasteiger partial charge in [0.2, 0.25) is 0 Å². The third-order valence-electron chi connectivity index (χ3n) is 4.25. The molecule has 0 saturated carbocycles. The number of fused-ring (bicyclic) bond motifs is 1. The van der Waals surface area contributed by atoms with Crippen LogP contribution in [0.2, 0.25) is 0 Å². The molecule has 0 aliphatic carbocycles. The third-order valence-corrected chi connectivity index (χ3v) is 4.25. The zero-order valence-corrected chi connectivity index (χ0v) is 15.4. The van der Waals surface area contributed by atoms with Crippen molar-refractivity contribution in [3.8, 4) is 0 Å². The number of para-hydroxylation sites is 1. The van der Waals surface area contributed by atoms with E-state index in [2.05, 4.69) is 68.6 Å². The molecule has 0 aliphatic rings.